The molecule has 0 bridgehead atoms. The lowest BCUT2D eigenvalue weighted by molar-refractivity contribution is -0.154. The Hall–Kier alpha value is -1.71. The van der Waals surface area contributed by atoms with Gasteiger partial charge >= 0.3 is 5.97 Å². The smallest absolute Gasteiger partial charge is 0.318 e. The van der Waals surface area contributed by atoms with Crippen LogP contribution in [0.4, 0.5) is 0 Å². The van der Waals surface area contributed by atoms with E-state index in [9.17, 15) is 14.4 Å². The van der Waals surface area contributed by atoms with Gasteiger partial charge < -0.3 is 15.2 Å². The Morgan fingerprint density at radius 1 is 1.54 bits per heavy atom. The van der Waals surface area contributed by atoms with Crippen molar-refractivity contribution in [2.24, 2.45) is 5.73 Å². The highest BCUT2D eigenvalue weighted by molar-refractivity contribution is 7.71. The molecule has 1 aliphatic heterocycles. The van der Waals surface area contributed by atoms with Crippen LogP contribution < -0.4 is 11.3 Å². The Bertz CT molecular complexity index is 750. The molecule has 0 spiro atoms. The Balaban J connectivity index is 0.00000105. The molecule has 0 aromatic carbocycles. The molecule has 11 heteroatoms. The predicted molar refractivity (Wildman–Crippen MR) is 99.8 cm³/mol. The second-order valence-electron chi connectivity index (χ2n) is 5.76. The molecule has 1 aromatic rings. The van der Waals surface area contributed by atoms with Gasteiger partial charge in [0.25, 0.3) is 5.56 Å². The number of nitrogens with one attached hydrogen (secondary N) is 1. The third-order valence-electron chi connectivity index (χ3n) is 3.39. The van der Waals surface area contributed by atoms with E-state index in [-0.39, 0.29) is 16.9 Å². The SMILES string of the molecule is CCC.[B]C([B])(OC(=O)CN)C1CCC(n2cc(C=O)c(=O)[nH]c2=S)O1. The average Bonchev–Trinajstić information content (AvgIpc) is 3.06. The van der Waals surface area contributed by atoms with E-state index in [0.29, 0.717) is 19.1 Å². The number of aldehydes is 1. The van der Waals surface area contributed by atoms with Gasteiger partial charge in [0.2, 0.25) is 0 Å². The van der Waals surface area contributed by atoms with Crippen LogP contribution in [0, 0.1) is 4.77 Å². The van der Waals surface area contributed by atoms with Gasteiger partial charge in [-0.3, -0.25) is 23.9 Å². The van der Waals surface area contributed by atoms with Crippen LogP contribution >= 0.6 is 12.2 Å². The monoisotopic (exact) mass is 377 g/mol. The van der Waals surface area contributed by atoms with Gasteiger partial charge in [0.15, 0.2) is 11.1 Å². The number of aromatic nitrogens is 2. The molecule has 1 aromatic heterocycles. The van der Waals surface area contributed by atoms with Crippen LogP contribution in [0.2, 0.25) is 0 Å². The maximum absolute atomic E-state index is 11.5. The third-order valence-corrected chi connectivity index (χ3v) is 3.70. The second kappa shape index (κ2) is 9.84. The first-order valence-electron chi connectivity index (χ1n) is 8.15. The molecule has 138 valence electrons. The maximum atomic E-state index is 11.5. The largest absolute Gasteiger partial charge is 0.476 e. The minimum Gasteiger partial charge on any atom is -0.476 e. The number of ether oxygens (including phenoxy) is 2. The Kier molecular flexibility index (Phi) is 8.45. The lowest BCUT2D eigenvalue weighted by Gasteiger charge is -2.32. The van der Waals surface area contributed by atoms with Crippen molar-refractivity contribution in [2.75, 3.05) is 6.54 Å². The summed E-state index contributed by atoms with van der Waals surface area (Å²) in [6.45, 7) is 3.89. The molecule has 1 aliphatic rings. The first kappa shape index (κ1) is 22.3. The van der Waals surface area contributed by atoms with E-state index in [0.717, 1.165) is 0 Å². The van der Waals surface area contributed by atoms with Gasteiger partial charge in [-0.25, -0.2) is 0 Å². The Labute approximate surface area is 159 Å². The van der Waals surface area contributed by atoms with E-state index in [4.69, 9.17) is 43.1 Å². The predicted octanol–water partition coefficient (Wildman–Crippen LogP) is 0.305. The standard InChI is InChI=1S/C12H13B2N3O5S.C3H8/c13-12(14,22-9(19)3-15)7-1-2-8(21-7)17-4-6(5-18)10(20)16-11(17)23;1-3-2/h4-5,7-8H,1-3,15H2,(H,16,20,23);3H2,1-2H3. The van der Waals surface area contributed by atoms with Gasteiger partial charge in [0.05, 0.1) is 23.6 Å². The number of aromatic amines is 1. The number of rotatable bonds is 5. The Morgan fingerprint density at radius 2 is 2.15 bits per heavy atom. The molecular weight excluding hydrogens is 356 g/mol. The lowest BCUT2D eigenvalue weighted by Crippen LogP contribution is -2.48. The van der Waals surface area contributed by atoms with Crippen molar-refractivity contribution in [3.05, 3.63) is 26.9 Å². The molecule has 1 saturated heterocycles. The molecule has 0 amide bonds. The fourth-order valence-corrected chi connectivity index (χ4v) is 2.52. The average molecular weight is 377 g/mol. The second-order valence-corrected chi connectivity index (χ2v) is 6.15. The van der Waals surface area contributed by atoms with Crippen LogP contribution in [-0.2, 0) is 14.3 Å². The summed E-state index contributed by atoms with van der Waals surface area (Å²) in [5.74, 6) is -0.758. The molecule has 26 heavy (non-hydrogen) atoms. The normalized spacial score (nSPS) is 19.3. The summed E-state index contributed by atoms with van der Waals surface area (Å²) >= 11 is 5.05. The van der Waals surface area contributed by atoms with Crippen LogP contribution in [0.5, 0.6) is 0 Å². The number of esters is 1. The van der Waals surface area contributed by atoms with E-state index >= 15 is 0 Å². The molecule has 4 radical (unpaired) electrons. The summed E-state index contributed by atoms with van der Waals surface area (Å²) in [7, 11) is 11.5. The number of carbonyl (C=O) groups is 2. The number of H-pyrrole nitrogens is 1. The molecule has 2 rings (SSSR count). The summed E-state index contributed by atoms with van der Waals surface area (Å²) < 4.78 is 12.0. The maximum Gasteiger partial charge on any atom is 0.318 e. The van der Waals surface area contributed by atoms with Crippen molar-refractivity contribution in [3.63, 3.8) is 0 Å². The summed E-state index contributed by atoms with van der Waals surface area (Å²) in [6, 6.07) is 0. The van der Waals surface area contributed by atoms with Crippen molar-refractivity contribution in [1.29, 1.82) is 0 Å². The molecule has 0 aliphatic carbocycles. The zero-order valence-corrected chi connectivity index (χ0v) is 15.6. The topological polar surface area (TPSA) is 116 Å². The molecular formula is C15H21B2N3O5S. The van der Waals surface area contributed by atoms with E-state index in [1.165, 1.54) is 17.2 Å². The summed E-state index contributed by atoms with van der Waals surface area (Å²) in [4.78, 5) is 36.0. The van der Waals surface area contributed by atoms with E-state index in [1.807, 2.05) is 0 Å². The molecule has 8 nitrogen and oxygen atoms in total. The number of hydrogen-bond donors (Lipinski definition) is 2. The highest BCUT2D eigenvalue weighted by Crippen LogP contribution is 2.33. The van der Waals surface area contributed by atoms with E-state index < -0.39 is 29.3 Å². The molecule has 2 atom stereocenters. The molecule has 2 unspecified atom stereocenters. The van der Waals surface area contributed by atoms with Gasteiger partial charge in [-0.05, 0) is 25.1 Å². The zero-order valence-electron chi connectivity index (χ0n) is 14.8. The van der Waals surface area contributed by atoms with Crippen molar-refractivity contribution in [2.45, 2.75) is 50.8 Å². The molecule has 0 saturated carbocycles. The van der Waals surface area contributed by atoms with Gasteiger partial charge in [0, 0.05) is 6.20 Å². The summed E-state index contributed by atoms with van der Waals surface area (Å²) in [5, 5.41) is -1.84. The summed E-state index contributed by atoms with van der Waals surface area (Å²) in [5.41, 5.74) is 4.48. The van der Waals surface area contributed by atoms with Gasteiger partial charge in [-0.2, -0.15) is 0 Å². The number of carbonyl (C=O) groups excluding carboxylic acids is 2. The van der Waals surface area contributed by atoms with Crippen LogP contribution in [-0.4, -0.2) is 55.5 Å². The van der Waals surface area contributed by atoms with Crippen LogP contribution in [0.15, 0.2) is 11.0 Å². The van der Waals surface area contributed by atoms with Gasteiger partial charge in [-0.15, -0.1) is 0 Å². The van der Waals surface area contributed by atoms with Crippen molar-refractivity contribution < 1.29 is 19.1 Å². The van der Waals surface area contributed by atoms with Crippen LogP contribution in [0.1, 0.15) is 49.7 Å². The van der Waals surface area contributed by atoms with Gasteiger partial charge in [0.1, 0.15) is 21.9 Å². The van der Waals surface area contributed by atoms with Gasteiger partial charge in [-0.1, -0.05) is 20.3 Å². The lowest BCUT2D eigenvalue weighted by atomic mass is 9.61. The third kappa shape index (κ3) is 5.65. The minimum atomic E-state index is -1.84. The van der Waals surface area contributed by atoms with Crippen LogP contribution in [0.25, 0.3) is 0 Å². The molecule has 3 N–H and O–H groups in total. The van der Waals surface area contributed by atoms with Crippen molar-refractivity contribution in [1.82, 2.24) is 9.55 Å². The summed E-state index contributed by atoms with van der Waals surface area (Å²) in [6.07, 6.45) is 2.38. The zero-order chi connectivity index (χ0) is 19.9. The highest BCUT2D eigenvalue weighted by atomic mass is 32.1. The number of nitrogens with zero attached hydrogens (tertiary/aromatic N) is 1. The number of hydrogen-bond acceptors (Lipinski definition) is 7. The van der Waals surface area contributed by atoms with Crippen molar-refractivity contribution in [3.8, 4) is 0 Å². The first-order valence-corrected chi connectivity index (χ1v) is 8.56. The van der Waals surface area contributed by atoms with E-state index in [1.54, 1.807) is 0 Å². The minimum absolute atomic E-state index is 0.0878. The number of nitrogens with two attached hydrogens (primary N) is 1. The van der Waals surface area contributed by atoms with Crippen LogP contribution in [0.3, 0.4) is 0 Å². The fourth-order valence-electron chi connectivity index (χ4n) is 2.26. The molecule has 1 fully saturated rings. The molecule has 2 heterocycles. The quantitative estimate of drug-likeness (QED) is 0.328. The fraction of sp³-hybridized carbons (Fsp3) is 0.600. The van der Waals surface area contributed by atoms with Crippen molar-refractivity contribution >= 4 is 40.2 Å². The first-order chi connectivity index (χ1) is 12.2. The Morgan fingerprint density at radius 3 is 2.69 bits per heavy atom. The highest BCUT2D eigenvalue weighted by Gasteiger charge is 2.39. The van der Waals surface area contributed by atoms with E-state index in [2.05, 4.69) is 18.8 Å².